The number of imidazole rings is 1. The van der Waals surface area contributed by atoms with Gasteiger partial charge in [-0.05, 0) is 19.8 Å². The van der Waals surface area contributed by atoms with Crippen molar-refractivity contribution in [2.24, 2.45) is 0 Å². The van der Waals surface area contributed by atoms with Gasteiger partial charge in [-0.2, -0.15) is 0 Å². The molecular formula is C10H17N3. The molecule has 72 valence electrons. The van der Waals surface area contributed by atoms with Crippen LogP contribution in [0.5, 0.6) is 0 Å². The van der Waals surface area contributed by atoms with Gasteiger partial charge in [-0.1, -0.05) is 6.42 Å². The van der Waals surface area contributed by atoms with Crippen LogP contribution in [-0.4, -0.2) is 22.1 Å². The van der Waals surface area contributed by atoms with Crippen molar-refractivity contribution in [3.05, 3.63) is 18.2 Å². The molecule has 1 aromatic heterocycles. The summed E-state index contributed by atoms with van der Waals surface area (Å²) in [6, 6.07) is 0.795. The Morgan fingerprint density at radius 3 is 3.00 bits per heavy atom. The lowest BCUT2D eigenvalue weighted by Crippen LogP contribution is -2.37. The summed E-state index contributed by atoms with van der Waals surface area (Å²) in [7, 11) is 0. The van der Waals surface area contributed by atoms with Crippen LogP contribution in [-0.2, 0) is 6.54 Å². The van der Waals surface area contributed by atoms with E-state index in [2.05, 4.69) is 14.9 Å². The largest absolute Gasteiger partial charge is 0.334 e. The third-order valence-corrected chi connectivity index (χ3v) is 2.81. The number of aryl methyl sites for hydroxylation is 1. The van der Waals surface area contributed by atoms with Crippen LogP contribution in [0, 0.1) is 6.92 Å². The van der Waals surface area contributed by atoms with Crippen LogP contribution in [0.3, 0.4) is 0 Å². The normalized spacial score (nSPS) is 17.3. The monoisotopic (exact) mass is 179 g/mol. The lowest BCUT2D eigenvalue weighted by atomic mass is 9.93. The second-order valence-electron chi connectivity index (χ2n) is 3.75. The minimum Gasteiger partial charge on any atom is -0.334 e. The second kappa shape index (κ2) is 3.92. The SMILES string of the molecule is Cc1nccn1CCNC1CCC1. The predicted molar refractivity (Wildman–Crippen MR) is 52.6 cm³/mol. The average Bonchev–Trinajstić information content (AvgIpc) is 2.42. The van der Waals surface area contributed by atoms with Gasteiger partial charge >= 0.3 is 0 Å². The van der Waals surface area contributed by atoms with E-state index >= 15 is 0 Å². The van der Waals surface area contributed by atoms with E-state index in [0.717, 1.165) is 25.0 Å². The van der Waals surface area contributed by atoms with Gasteiger partial charge in [0, 0.05) is 31.5 Å². The van der Waals surface area contributed by atoms with Gasteiger partial charge in [0.2, 0.25) is 0 Å². The highest BCUT2D eigenvalue weighted by Gasteiger charge is 2.15. The van der Waals surface area contributed by atoms with Crippen molar-refractivity contribution in [2.45, 2.75) is 38.8 Å². The van der Waals surface area contributed by atoms with Crippen LogP contribution in [0.25, 0.3) is 0 Å². The minimum absolute atomic E-state index is 0.795. The summed E-state index contributed by atoms with van der Waals surface area (Å²) in [5.41, 5.74) is 0. The molecule has 0 spiro atoms. The van der Waals surface area contributed by atoms with E-state index in [0.29, 0.717) is 0 Å². The first-order valence-electron chi connectivity index (χ1n) is 5.07. The molecule has 1 N–H and O–H groups in total. The Bertz CT molecular complexity index is 263. The summed E-state index contributed by atoms with van der Waals surface area (Å²) < 4.78 is 2.19. The van der Waals surface area contributed by atoms with Gasteiger partial charge in [0.1, 0.15) is 5.82 Å². The van der Waals surface area contributed by atoms with Gasteiger partial charge in [0.15, 0.2) is 0 Å². The molecule has 1 heterocycles. The first-order valence-corrected chi connectivity index (χ1v) is 5.07. The smallest absolute Gasteiger partial charge is 0.105 e. The van der Waals surface area contributed by atoms with Gasteiger partial charge < -0.3 is 9.88 Å². The van der Waals surface area contributed by atoms with Gasteiger partial charge in [0.25, 0.3) is 0 Å². The van der Waals surface area contributed by atoms with Gasteiger partial charge in [0.05, 0.1) is 0 Å². The second-order valence-corrected chi connectivity index (χ2v) is 3.75. The number of nitrogens with zero attached hydrogens (tertiary/aromatic N) is 2. The molecule has 0 aliphatic heterocycles. The van der Waals surface area contributed by atoms with E-state index in [9.17, 15) is 0 Å². The third-order valence-electron chi connectivity index (χ3n) is 2.81. The Kier molecular flexibility index (Phi) is 2.64. The summed E-state index contributed by atoms with van der Waals surface area (Å²) in [6.07, 6.45) is 8.03. The Morgan fingerprint density at radius 1 is 1.62 bits per heavy atom. The molecule has 0 unspecified atom stereocenters. The highest BCUT2D eigenvalue weighted by Crippen LogP contribution is 2.17. The summed E-state index contributed by atoms with van der Waals surface area (Å²) in [5.74, 6) is 1.11. The first-order chi connectivity index (χ1) is 6.36. The Balaban J connectivity index is 1.70. The maximum Gasteiger partial charge on any atom is 0.105 e. The molecule has 1 fully saturated rings. The Hall–Kier alpha value is -0.830. The third kappa shape index (κ3) is 2.10. The molecule has 0 amide bonds. The van der Waals surface area contributed by atoms with Crippen LogP contribution in [0.2, 0.25) is 0 Å². The van der Waals surface area contributed by atoms with E-state index in [1.165, 1.54) is 19.3 Å². The van der Waals surface area contributed by atoms with Crippen molar-refractivity contribution in [3.8, 4) is 0 Å². The number of nitrogens with one attached hydrogen (secondary N) is 1. The molecule has 1 aromatic rings. The molecule has 1 aliphatic rings. The Morgan fingerprint density at radius 2 is 2.46 bits per heavy atom. The van der Waals surface area contributed by atoms with Gasteiger partial charge in [-0.3, -0.25) is 0 Å². The summed E-state index contributed by atoms with van der Waals surface area (Å²) in [5, 5.41) is 3.54. The fourth-order valence-electron chi connectivity index (χ4n) is 1.64. The molecule has 0 saturated heterocycles. The van der Waals surface area contributed by atoms with E-state index in [-0.39, 0.29) is 0 Å². The first kappa shape index (κ1) is 8.75. The standard InChI is InChI=1S/C10H17N3/c1-9-11-5-7-13(9)8-6-12-10-3-2-4-10/h5,7,10,12H,2-4,6,8H2,1H3. The molecule has 0 aromatic carbocycles. The van der Waals surface area contributed by atoms with Crippen LogP contribution in [0.15, 0.2) is 12.4 Å². The predicted octanol–water partition coefficient (Wildman–Crippen LogP) is 1.33. The molecule has 3 nitrogen and oxygen atoms in total. The number of hydrogen-bond donors (Lipinski definition) is 1. The van der Waals surface area contributed by atoms with Crippen LogP contribution >= 0.6 is 0 Å². The molecule has 3 heteroatoms. The zero-order valence-corrected chi connectivity index (χ0v) is 8.16. The van der Waals surface area contributed by atoms with Crippen LogP contribution < -0.4 is 5.32 Å². The summed E-state index contributed by atoms with van der Waals surface area (Å²) >= 11 is 0. The maximum atomic E-state index is 4.18. The molecule has 13 heavy (non-hydrogen) atoms. The van der Waals surface area contributed by atoms with E-state index in [4.69, 9.17) is 0 Å². The van der Waals surface area contributed by atoms with Crippen molar-refractivity contribution in [1.82, 2.24) is 14.9 Å². The van der Waals surface area contributed by atoms with E-state index in [1.807, 2.05) is 19.3 Å². The zero-order valence-electron chi connectivity index (χ0n) is 8.16. The highest BCUT2D eigenvalue weighted by molar-refractivity contribution is 4.88. The van der Waals surface area contributed by atoms with Crippen molar-refractivity contribution in [1.29, 1.82) is 0 Å². The number of rotatable bonds is 4. The lowest BCUT2D eigenvalue weighted by molar-refractivity contribution is 0.334. The molecule has 0 atom stereocenters. The van der Waals surface area contributed by atoms with Crippen molar-refractivity contribution < 1.29 is 0 Å². The molecule has 1 saturated carbocycles. The zero-order chi connectivity index (χ0) is 9.10. The Labute approximate surface area is 79.2 Å². The van der Waals surface area contributed by atoms with Gasteiger partial charge in [-0.15, -0.1) is 0 Å². The van der Waals surface area contributed by atoms with E-state index in [1.54, 1.807) is 0 Å². The molecule has 2 rings (SSSR count). The van der Waals surface area contributed by atoms with Crippen LogP contribution in [0.4, 0.5) is 0 Å². The topological polar surface area (TPSA) is 29.9 Å². The van der Waals surface area contributed by atoms with Crippen molar-refractivity contribution in [2.75, 3.05) is 6.54 Å². The highest BCUT2D eigenvalue weighted by atomic mass is 15.1. The fraction of sp³-hybridized carbons (Fsp3) is 0.700. The summed E-state index contributed by atoms with van der Waals surface area (Å²) in [4.78, 5) is 4.18. The van der Waals surface area contributed by atoms with Crippen molar-refractivity contribution in [3.63, 3.8) is 0 Å². The van der Waals surface area contributed by atoms with E-state index < -0.39 is 0 Å². The molecule has 1 aliphatic carbocycles. The van der Waals surface area contributed by atoms with Gasteiger partial charge in [-0.25, -0.2) is 4.98 Å². The maximum absolute atomic E-state index is 4.18. The summed E-state index contributed by atoms with van der Waals surface area (Å²) in [6.45, 7) is 4.16. The minimum atomic E-state index is 0.795. The fourth-order valence-corrected chi connectivity index (χ4v) is 1.64. The number of aromatic nitrogens is 2. The molecular weight excluding hydrogens is 162 g/mol. The quantitative estimate of drug-likeness (QED) is 0.755. The van der Waals surface area contributed by atoms with Crippen LogP contribution in [0.1, 0.15) is 25.1 Å². The van der Waals surface area contributed by atoms with Crippen molar-refractivity contribution >= 4 is 0 Å². The number of hydrogen-bond acceptors (Lipinski definition) is 2. The average molecular weight is 179 g/mol. The lowest BCUT2D eigenvalue weighted by Gasteiger charge is -2.26. The molecule has 0 radical (unpaired) electrons. The molecule has 0 bridgehead atoms.